The van der Waals surface area contributed by atoms with Gasteiger partial charge in [-0.3, -0.25) is 0 Å². The van der Waals surface area contributed by atoms with E-state index in [-0.39, 0.29) is 0 Å². The maximum atomic E-state index is 6.41. The van der Waals surface area contributed by atoms with Crippen molar-refractivity contribution in [2.24, 2.45) is 51.5 Å². The van der Waals surface area contributed by atoms with Gasteiger partial charge in [-0.1, -0.05) is 0 Å². The minimum atomic E-state index is 0.421. The maximum Gasteiger partial charge on any atom is 0.0785 e. The molecule has 0 amide bonds. The predicted molar refractivity (Wildman–Crippen MR) is 50.6 cm³/mol. The van der Waals surface area contributed by atoms with Gasteiger partial charge in [-0.05, 0) is 48.3 Å². The quantitative estimate of drug-likeness (QED) is 0.608. The zero-order valence-corrected chi connectivity index (χ0v) is 8.08. The Morgan fingerprint density at radius 2 is 1.29 bits per heavy atom. The van der Waals surface area contributed by atoms with Crippen molar-refractivity contribution >= 4 is 0 Å². The number of hydrogen-bond acceptors (Lipinski definition) is 3. The minimum absolute atomic E-state index is 0.421. The lowest BCUT2D eigenvalue weighted by Gasteiger charge is -2.49. The first-order valence-electron chi connectivity index (χ1n) is 6.02. The molecule has 74 valence electrons. The Bertz CT molecular complexity index is 320. The van der Waals surface area contributed by atoms with E-state index in [0.717, 1.165) is 23.7 Å². The Morgan fingerprint density at radius 3 is 1.79 bits per heavy atom. The van der Waals surface area contributed by atoms with Crippen molar-refractivity contribution in [3.8, 4) is 0 Å². The van der Waals surface area contributed by atoms with Gasteiger partial charge in [0.15, 0.2) is 0 Å². The first-order chi connectivity index (χ1) is 6.86. The van der Waals surface area contributed by atoms with Crippen LogP contribution in [0.4, 0.5) is 0 Å². The molecule has 0 aromatic heterocycles. The lowest BCUT2D eigenvalue weighted by atomic mass is 9.58. The third-order valence-corrected chi connectivity index (χ3v) is 6.06. The average molecular weight is 189 g/mol. The highest BCUT2D eigenvalue weighted by Gasteiger charge is 2.72. The Balaban J connectivity index is 1.82. The molecule has 7 rings (SSSR count). The summed E-state index contributed by atoms with van der Waals surface area (Å²) in [4.78, 5) is 0. The highest BCUT2D eigenvalue weighted by Crippen LogP contribution is 2.71. The molecule has 0 saturated heterocycles. The Hall–Kier alpha value is -0.440. The van der Waals surface area contributed by atoms with Gasteiger partial charge in [-0.25, -0.2) is 0 Å². The zero-order chi connectivity index (χ0) is 9.02. The van der Waals surface area contributed by atoms with Crippen LogP contribution in [0, 0.1) is 35.5 Å². The maximum absolute atomic E-state index is 6.41. The number of nitrogens with zero attached hydrogens (tertiary/aromatic N) is 2. The molecule has 2 heterocycles. The summed E-state index contributed by atoms with van der Waals surface area (Å²) in [6.45, 7) is 0. The summed E-state index contributed by atoms with van der Waals surface area (Å²) in [5, 5.41) is 9.14. The highest BCUT2D eigenvalue weighted by molar-refractivity contribution is 5.24. The number of hydrogen-bond donors (Lipinski definition) is 1. The zero-order valence-electron chi connectivity index (χ0n) is 8.08. The smallest absolute Gasteiger partial charge is 0.0785 e. The molecule has 0 aromatic rings. The molecule has 3 heteroatoms. The van der Waals surface area contributed by atoms with Crippen LogP contribution < -0.4 is 5.73 Å². The summed E-state index contributed by atoms with van der Waals surface area (Å²) in [6, 6.07) is 1.50. The monoisotopic (exact) mass is 189 g/mol. The van der Waals surface area contributed by atoms with E-state index in [4.69, 9.17) is 5.73 Å². The fourth-order valence-corrected chi connectivity index (χ4v) is 5.67. The third kappa shape index (κ3) is 0.467. The van der Waals surface area contributed by atoms with Crippen molar-refractivity contribution < 1.29 is 0 Å². The minimum Gasteiger partial charge on any atom is -0.327 e. The number of azo groups is 1. The average Bonchev–Trinajstić information content (AvgIpc) is 2.60. The van der Waals surface area contributed by atoms with Crippen LogP contribution in [0.2, 0.25) is 0 Å². The summed E-state index contributed by atoms with van der Waals surface area (Å²) >= 11 is 0. The van der Waals surface area contributed by atoms with Crippen LogP contribution in [0.3, 0.4) is 0 Å². The second-order valence-electron chi connectivity index (χ2n) is 6.07. The van der Waals surface area contributed by atoms with Gasteiger partial charge in [0.1, 0.15) is 0 Å². The molecule has 8 bridgehead atoms. The van der Waals surface area contributed by atoms with Crippen molar-refractivity contribution in [3.63, 3.8) is 0 Å². The van der Waals surface area contributed by atoms with Gasteiger partial charge in [0.2, 0.25) is 0 Å². The first-order valence-corrected chi connectivity index (χ1v) is 6.02. The molecule has 8 atom stereocenters. The molecule has 5 saturated carbocycles. The number of rotatable bonds is 0. The van der Waals surface area contributed by atoms with Gasteiger partial charge in [0, 0.05) is 6.04 Å². The normalized spacial score (nSPS) is 75.4. The lowest BCUT2D eigenvalue weighted by molar-refractivity contribution is -0.000272. The molecule has 2 N–H and O–H groups in total. The fourth-order valence-electron chi connectivity index (χ4n) is 5.67. The van der Waals surface area contributed by atoms with Gasteiger partial charge in [0.25, 0.3) is 0 Å². The van der Waals surface area contributed by atoms with Gasteiger partial charge in [0.05, 0.1) is 12.1 Å². The van der Waals surface area contributed by atoms with Gasteiger partial charge >= 0.3 is 0 Å². The van der Waals surface area contributed by atoms with Gasteiger partial charge < -0.3 is 5.73 Å². The molecule has 0 aromatic carbocycles. The molecule has 5 aliphatic carbocycles. The van der Waals surface area contributed by atoms with Crippen LogP contribution in [0.5, 0.6) is 0 Å². The van der Waals surface area contributed by atoms with Crippen LogP contribution >= 0.6 is 0 Å². The molecule has 14 heavy (non-hydrogen) atoms. The molecular formula is C11H15N3. The standard InChI is InChI=1S/C11H15N3/c12-9-5-1-3-4-2-6(9)11-8(4)7(3)10(5)13-14-11/h3-11H,1-2,12H2. The van der Waals surface area contributed by atoms with E-state index in [1.165, 1.54) is 12.8 Å². The summed E-state index contributed by atoms with van der Waals surface area (Å²) in [5.41, 5.74) is 6.41. The van der Waals surface area contributed by atoms with Crippen LogP contribution in [0.25, 0.3) is 0 Å². The van der Waals surface area contributed by atoms with E-state index in [2.05, 4.69) is 10.2 Å². The summed E-state index contributed by atoms with van der Waals surface area (Å²) in [5.74, 6) is 5.20. The SMILES string of the molecule is NC1C2CC3C4CC1C1N=NC2C3C41. The van der Waals surface area contributed by atoms with Gasteiger partial charge in [-0.15, -0.1) is 0 Å². The van der Waals surface area contributed by atoms with Crippen molar-refractivity contribution in [3.05, 3.63) is 0 Å². The van der Waals surface area contributed by atoms with Crippen molar-refractivity contribution in [1.29, 1.82) is 0 Å². The van der Waals surface area contributed by atoms with E-state index in [0.29, 0.717) is 30.0 Å². The summed E-state index contributed by atoms with van der Waals surface area (Å²) < 4.78 is 0. The number of nitrogens with two attached hydrogens (primary N) is 1. The van der Waals surface area contributed by atoms with Crippen LogP contribution in [-0.2, 0) is 0 Å². The second-order valence-corrected chi connectivity index (χ2v) is 6.07. The van der Waals surface area contributed by atoms with E-state index in [9.17, 15) is 0 Å². The lowest BCUT2D eigenvalue weighted by Crippen LogP contribution is -2.49. The van der Waals surface area contributed by atoms with Crippen molar-refractivity contribution in [2.75, 3.05) is 0 Å². The molecule has 5 fully saturated rings. The molecule has 7 aliphatic rings. The van der Waals surface area contributed by atoms with Crippen molar-refractivity contribution in [2.45, 2.75) is 31.0 Å². The van der Waals surface area contributed by atoms with E-state index in [1.807, 2.05) is 0 Å². The molecule has 2 aliphatic heterocycles. The van der Waals surface area contributed by atoms with Crippen LogP contribution in [0.1, 0.15) is 12.8 Å². The molecular weight excluding hydrogens is 174 g/mol. The molecule has 0 radical (unpaired) electrons. The topological polar surface area (TPSA) is 50.7 Å². The van der Waals surface area contributed by atoms with Crippen molar-refractivity contribution in [1.82, 2.24) is 0 Å². The van der Waals surface area contributed by atoms with E-state index >= 15 is 0 Å². The Morgan fingerprint density at radius 1 is 0.786 bits per heavy atom. The third-order valence-electron chi connectivity index (χ3n) is 6.06. The largest absolute Gasteiger partial charge is 0.327 e. The molecule has 3 nitrogen and oxygen atoms in total. The predicted octanol–water partition coefficient (Wildman–Crippen LogP) is 1.05. The van der Waals surface area contributed by atoms with Crippen LogP contribution in [0.15, 0.2) is 10.2 Å². The Kier molecular flexibility index (Phi) is 0.891. The summed E-state index contributed by atoms with van der Waals surface area (Å²) in [7, 11) is 0. The summed E-state index contributed by atoms with van der Waals surface area (Å²) in [6.07, 6.45) is 2.75. The first kappa shape index (κ1) is 6.94. The second kappa shape index (κ2) is 1.80. The van der Waals surface area contributed by atoms with E-state index < -0.39 is 0 Å². The highest BCUT2D eigenvalue weighted by atomic mass is 15.2. The van der Waals surface area contributed by atoms with Gasteiger partial charge in [-0.2, -0.15) is 10.2 Å². The fraction of sp³-hybridized carbons (Fsp3) is 1.00. The molecule has 8 unspecified atom stereocenters. The Labute approximate surface area is 83.1 Å². The van der Waals surface area contributed by atoms with E-state index in [1.54, 1.807) is 0 Å². The molecule has 0 spiro atoms. The van der Waals surface area contributed by atoms with Crippen LogP contribution in [-0.4, -0.2) is 18.1 Å².